The monoisotopic (exact) mass is 268 g/mol. The highest BCUT2D eigenvalue weighted by Gasteiger charge is 2.10. The Morgan fingerprint density at radius 2 is 1.30 bits per heavy atom. The molecule has 20 heavy (non-hydrogen) atoms. The SMILES string of the molecule is COc1cc(C)cc(Cc2cc(C)cc(C)c2C)c1C. The first kappa shape index (κ1) is 14.6. The molecule has 0 N–H and O–H groups in total. The molecule has 0 amide bonds. The molecular weight excluding hydrogens is 244 g/mol. The molecule has 0 fully saturated rings. The van der Waals surface area contributed by atoms with E-state index >= 15 is 0 Å². The first-order valence-corrected chi connectivity index (χ1v) is 7.13. The lowest BCUT2D eigenvalue weighted by Gasteiger charge is -2.15. The lowest BCUT2D eigenvalue weighted by molar-refractivity contribution is 0.411. The van der Waals surface area contributed by atoms with Crippen molar-refractivity contribution in [2.45, 2.75) is 41.0 Å². The highest BCUT2D eigenvalue weighted by atomic mass is 16.5. The van der Waals surface area contributed by atoms with Gasteiger partial charge in [0.1, 0.15) is 5.75 Å². The van der Waals surface area contributed by atoms with Crippen LogP contribution >= 0.6 is 0 Å². The van der Waals surface area contributed by atoms with E-state index in [-0.39, 0.29) is 0 Å². The molecule has 0 atom stereocenters. The summed E-state index contributed by atoms with van der Waals surface area (Å²) in [6, 6.07) is 8.93. The van der Waals surface area contributed by atoms with E-state index in [2.05, 4.69) is 58.9 Å². The second-order valence-corrected chi connectivity index (χ2v) is 5.79. The number of aryl methyl sites for hydroxylation is 3. The quantitative estimate of drug-likeness (QED) is 0.775. The maximum atomic E-state index is 5.48. The molecule has 2 aromatic rings. The Morgan fingerprint density at radius 1 is 0.750 bits per heavy atom. The highest BCUT2D eigenvalue weighted by molar-refractivity contribution is 5.47. The van der Waals surface area contributed by atoms with Crippen LogP contribution < -0.4 is 4.74 Å². The van der Waals surface area contributed by atoms with Gasteiger partial charge in [0.15, 0.2) is 0 Å². The zero-order valence-electron chi connectivity index (χ0n) is 13.4. The minimum atomic E-state index is 0.970. The van der Waals surface area contributed by atoms with E-state index in [1.807, 2.05) is 0 Å². The minimum Gasteiger partial charge on any atom is -0.496 e. The summed E-state index contributed by atoms with van der Waals surface area (Å²) >= 11 is 0. The average Bonchev–Trinajstić information content (AvgIpc) is 2.39. The largest absolute Gasteiger partial charge is 0.496 e. The second-order valence-electron chi connectivity index (χ2n) is 5.79. The fourth-order valence-corrected chi connectivity index (χ4v) is 2.81. The molecule has 0 aliphatic heterocycles. The molecule has 0 aliphatic rings. The van der Waals surface area contributed by atoms with Gasteiger partial charge in [0.2, 0.25) is 0 Å². The molecule has 0 radical (unpaired) electrons. The van der Waals surface area contributed by atoms with E-state index in [9.17, 15) is 0 Å². The molecule has 0 aromatic heterocycles. The van der Waals surface area contributed by atoms with Gasteiger partial charge in [-0.25, -0.2) is 0 Å². The average molecular weight is 268 g/mol. The molecule has 0 unspecified atom stereocenters. The van der Waals surface area contributed by atoms with Crippen LogP contribution in [0.1, 0.15) is 38.9 Å². The standard InChI is InChI=1S/C19H24O/c1-12-7-14(3)15(4)17(8-12)11-18-9-13(2)10-19(20-6)16(18)5/h7-10H,11H2,1-6H3. The van der Waals surface area contributed by atoms with E-state index < -0.39 is 0 Å². The molecular formula is C19H24O. The Bertz CT molecular complexity index is 639. The van der Waals surface area contributed by atoms with Crippen molar-refractivity contribution in [3.05, 3.63) is 63.2 Å². The predicted molar refractivity (Wildman–Crippen MR) is 85.9 cm³/mol. The lowest BCUT2D eigenvalue weighted by atomic mass is 9.92. The van der Waals surface area contributed by atoms with Crippen molar-refractivity contribution in [1.82, 2.24) is 0 Å². The summed E-state index contributed by atoms with van der Waals surface area (Å²) in [7, 11) is 1.74. The van der Waals surface area contributed by atoms with Crippen LogP contribution in [0.2, 0.25) is 0 Å². The van der Waals surface area contributed by atoms with Crippen molar-refractivity contribution in [3.63, 3.8) is 0 Å². The van der Waals surface area contributed by atoms with Gasteiger partial charge in [-0.2, -0.15) is 0 Å². The predicted octanol–water partition coefficient (Wildman–Crippen LogP) is 4.83. The third kappa shape index (κ3) is 2.87. The Kier molecular flexibility index (Phi) is 4.17. The molecule has 0 saturated heterocycles. The number of benzene rings is 2. The maximum absolute atomic E-state index is 5.48. The van der Waals surface area contributed by atoms with Gasteiger partial charge in [-0.3, -0.25) is 0 Å². The van der Waals surface area contributed by atoms with Gasteiger partial charge >= 0.3 is 0 Å². The van der Waals surface area contributed by atoms with Crippen LogP contribution in [-0.4, -0.2) is 7.11 Å². The van der Waals surface area contributed by atoms with Crippen LogP contribution in [0.4, 0.5) is 0 Å². The topological polar surface area (TPSA) is 9.23 Å². The van der Waals surface area contributed by atoms with Crippen LogP contribution in [0, 0.1) is 34.6 Å². The summed E-state index contributed by atoms with van der Waals surface area (Å²) in [6.45, 7) is 10.8. The van der Waals surface area contributed by atoms with Crippen molar-refractivity contribution in [2.75, 3.05) is 7.11 Å². The summed E-state index contributed by atoms with van der Waals surface area (Å²) in [6.07, 6.45) is 0.970. The normalized spacial score (nSPS) is 10.7. The zero-order chi connectivity index (χ0) is 14.9. The molecule has 0 spiro atoms. The van der Waals surface area contributed by atoms with Crippen molar-refractivity contribution in [3.8, 4) is 5.75 Å². The lowest BCUT2D eigenvalue weighted by Crippen LogP contribution is -2.00. The van der Waals surface area contributed by atoms with Gasteiger partial charge in [-0.05, 0) is 80.5 Å². The highest BCUT2D eigenvalue weighted by Crippen LogP contribution is 2.27. The summed E-state index contributed by atoms with van der Waals surface area (Å²) in [5, 5.41) is 0. The molecule has 2 rings (SSSR count). The molecule has 0 heterocycles. The molecule has 0 bridgehead atoms. The number of rotatable bonds is 3. The van der Waals surface area contributed by atoms with Gasteiger partial charge in [-0.15, -0.1) is 0 Å². The summed E-state index contributed by atoms with van der Waals surface area (Å²) in [5.74, 6) is 0.988. The number of methoxy groups -OCH3 is 1. The van der Waals surface area contributed by atoms with Crippen LogP contribution in [0.15, 0.2) is 24.3 Å². The van der Waals surface area contributed by atoms with Gasteiger partial charge in [-0.1, -0.05) is 23.8 Å². The van der Waals surface area contributed by atoms with E-state index in [0.29, 0.717) is 0 Å². The third-order valence-corrected chi connectivity index (χ3v) is 4.13. The summed E-state index contributed by atoms with van der Waals surface area (Å²) in [5.41, 5.74) is 9.38. The Balaban J connectivity index is 2.47. The number of hydrogen-bond donors (Lipinski definition) is 0. The third-order valence-electron chi connectivity index (χ3n) is 4.13. The van der Waals surface area contributed by atoms with Crippen molar-refractivity contribution in [1.29, 1.82) is 0 Å². The molecule has 0 aliphatic carbocycles. The van der Waals surface area contributed by atoms with Crippen LogP contribution in [0.3, 0.4) is 0 Å². The first-order valence-electron chi connectivity index (χ1n) is 7.13. The zero-order valence-corrected chi connectivity index (χ0v) is 13.4. The van der Waals surface area contributed by atoms with Gasteiger partial charge < -0.3 is 4.74 Å². The summed E-state index contributed by atoms with van der Waals surface area (Å²) < 4.78 is 5.48. The number of ether oxygens (including phenoxy) is 1. The Labute approximate surface area is 122 Å². The van der Waals surface area contributed by atoms with Crippen molar-refractivity contribution in [2.24, 2.45) is 0 Å². The maximum Gasteiger partial charge on any atom is 0.122 e. The summed E-state index contributed by atoms with van der Waals surface area (Å²) in [4.78, 5) is 0. The first-order chi connectivity index (χ1) is 9.42. The van der Waals surface area contributed by atoms with Crippen LogP contribution in [0.5, 0.6) is 5.75 Å². The van der Waals surface area contributed by atoms with Gasteiger partial charge in [0.05, 0.1) is 7.11 Å². The van der Waals surface area contributed by atoms with Crippen LogP contribution in [0.25, 0.3) is 0 Å². The van der Waals surface area contributed by atoms with Gasteiger partial charge in [0, 0.05) is 0 Å². The molecule has 106 valence electrons. The van der Waals surface area contributed by atoms with Crippen molar-refractivity contribution < 1.29 is 4.74 Å². The van der Waals surface area contributed by atoms with Gasteiger partial charge in [0.25, 0.3) is 0 Å². The molecule has 1 nitrogen and oxygen atoms in total. The van der Waals surface area contributed by atoms with E-state index in [0.717, 1.165) is 12.2 Å². The molecule has 0 saturated carbocycles. The molecule has 1 heteroatoms. The van der Waals surface area contributed by atoms with E-state index in [1.54, 1.807) is 7.11 Å². The van der Waals surface area contributed by atoms with E-state index in [4.69, 9.17) is 4.74 Å². The second kappa shape index (κ2) is 5.70. The van der Waals surface area contributed by atoms with Crippen LogP contribution in [-0.2, 0) is 6.42 Å². The smallest absolute Gasteiger partial charge is 0.122 e. The fourth-order valence-electron chi connectivity index (χ4n) is 2.81. The molecule has 2 aromatic carbocycles. The Morgan fingerprint density at radius 3 is 1.90 bits per heavy atom. The Hall–Kier alpha value is -1.76. The van der Waals surface area contributed by atoms with Crippen molar-refractivity contribution >= 4 is 0 Å². The number of hydrogen-bond acceptors (Lipinski definition) is 1. The fraction of sp³-hybridized carbons (Fsp3) is 0.368. The van der Waals surface area contributed by atoms with E-state index in [1.165, 1.54) is 38.9 Å². The minimum absolute atomic E-state index is 0.970.